The van der Waals surface area contributed by atoms with Gasteiger partial charge in [0.25, 0.3) is 9.05 Å². The first kappa shape index (κ1) is 16.6. The van der Waals surface area contributed by atoms with Crippen molar-refractivity contribution in [2.45, 2.75) is 31.3 Å². The Labute approximate surface area is 126 Å². The van der Waals surface area contributed by atoms with E-state index in [4.69, 9.17) is 38.6 Å². The Kier molecular flexibility index (Phi) is 5.50. The van der Waals surface area contributed by atoms with Crippen LogP contribution in [0.4, 0.5) is 0 Å². The average Bonchev–Trinajstić information content (AvgIpc) is 2.30. The number of hydrogen-bond donors (Lipinski definition) is 0. The molecule has 1 unspecified atom stereocenters. The molecular formula is C11H11Cl3O4S. The molecule has 0 heterocycles. The molecule has 0 amide bonds. The van der Waals surface area contributed by atoms with Crippen LogP contribution >= 0.6 is 33.9 Å². The van der Waals surface area contributed by atoms with Crippen molar-refractivity contribution in [3.63, 3.8) is 0 Å². The molecule has 1 rings (SSSR count). The van der Waals surface area contributed by atoms with Gasteiger partial charge >= 0.3 is 5.97 Å². The Morgan fingerprint density at radius 2 is 1.95 bits per heavy atom. The van der Waals surface area contributed by atoms with Crippen LogP contribution in [0, 0.1) is 0 Å². The average molecular weight is 346 g/mol. The zero-order chi connectivity index (χ0) is 14.8. The lowest BCUT2D eigenvalue weighted by Crippen LogP contribution is -2.15. The lowest BCUT2D eigenvalue weighted by Gasteiger charge is -2.12. The first-order chi connectivity index (χ1) is 8.66. The van der Waals surface area contributed by atoms with E-state index in [0.717, 1.165) is 12.1 Å². The fraction of sp³-hybridized carbons (Fsp3) is 0.364. The van der Waals surface area contributed by atoms with Crippen LogP contribution in [0.2, 0.25) is 10.0 Å². The maximum atomic E-state index is 11.9. The quantitative estimate of drug-likeness (QED) is 0.614. The number of esters is 1. The molecule has 0 bridgehead atoms. The van der Waals surface area contributed by atoms with Gasteiger partial charge < -0.3 is 4.74 Å². The molecule has 0 saturated carbocycles. The highest BCUT2D eigenvalue weighted by Crippen LogP contribution is 2.31. The van der Waals surface area contributed by atoms with E-state index in [1.807, 2.05) is 6.92 Å². The fourth-order valence-electron chi connectivity index (χ4n) is 1.18. The van der Waals surface area contributed by atoms with Gasteiger partial charge in [0.05, 0.1) is 26.6 Å². The van der Waals surface area contributed by atoms with E-state index in [-0.39, 0.29) is 26.6 Å². The SMILES string of the molecule is CCC(C)OC(=O)c1cc(S(=O)(=O)Cl)cc(Cl)c1Cl. The second-order valence-electron chi connectivity index (χ2n) is 3.83. The normalized spacial score (nSPS) is 13.1. The summed E-state index contributed by atoms with van der Waals surface area (Å²) < 4.78 is 27.6. The monoisotopic (exact) mass is 344 g/mol. The molecule has 0 aliphatic heterocycles. The molecule has 19 heavy (non-hydrogen) atoms. The Morgan fingerprint density at radius 3 is 2.42 bits per heavy atom. The van der Waals surface area contributed by atoms with Crippen LogP contribution in [0.25, 0.3) is 0 Å². The molecule has 0 radical (unpaired) electrons. The number of halogens is 3. The van der Waals surface area contributed by atoms with Crippen molar-refractivity contribution in [2.24, 2.45) is 0 Å². The molecular weight excluding hydrogens is 335 g/mol. The summed E-state index contributed by atoms with van der Waals surface area (Å²) in [6.45, 7) is 3.54. The first-order valence-corrected chi connectivity index (χ1v) is 8.38. The Bertz CT molecular complexity index is 598. The van der Waals surface area contributed by atoms with Crippen LogP contribution in [0.15, 0.2) is 17.0 Å². The van der Waals surface area contributed by atoms with E-state index in [1.165, 1.54) is 0 Å². The van der Waals surface area contributed by atoms with Crippen molar-refractivity contribution in [3.8, 4) is 0 Å². The van der Waals surface area contributed by atoms with Crippen molar-refractivity contribution in [1.82, 2.24) is 0 Å². The predicted octanol–water partition coefficient (Wildman–Crippen LogP) is 3.88. The Morgan fingerprint density at radius 1 is 1.37 bits per heavy atom. The van der Waals surface area contributed by atoms with Crippen molar-refractivity contribution < 1.29 is 17.9 Å². The van der Waals surface area contributed by atoms with E-state index in [0.29, 0.717) is 6.42 Å². The van der Waals surface area contributed by atoms with E-state index in [2.05, 4.69) is 0 Å². The second-order valence-corrected chi connectivity index (χ2v) is 7.18. The molecule has 0 spiro atoms. The van der Waals surface area contributed by atoms with Gasteiger partial charge in [0.2, 0.25) is 0 Å². The third-order valence-corrected chi connectivity index (χ3v) is 4.52. The van der Waals surface area contributed by atoms with Crippen LogP contribution in [0.5, 0.6) is 0 Å². The lowest BCUT2D eigenvalue weighted by atomic mass is 10.2. The minimum atomic E-state index is -4.01. The molecule has 0 aliphatic carbocycles. The fourth-order valence-corrected chi connectivity index (χ4v) is 2.44. The van der Waals surface area contributed by atoms with Crippen molar-refractivity contribution >= 4 is 48.9 Å². The summed E-state index contributed by atoms with van der Waals surface area (Å²) in [5.74, 6) is -0.747. The molecule has 1 aromatic rings. The van der Waals surface area contributed by atoms with Gasteiger partial charge in [-0.15, -0.1) is 0 Å². The van der Waals surface area contributed by atoms with Crippen LogP contribution in [0.1, 0.15) is 30.6 Å². The van der Waals surface area contributed by atoms with Crippen LogP contribution < -0.4 is 0 Å². The molecule has 1 aromatic carbocycles. The van der Waals surface area contributed by atoms with Gasteiger partial charge in [-0.2, -0.15) is 0 Å². The molecule has 0 saturated heterocycles. The summed E-state index contributed by atoms with van der Waals surface area (Å²) in [5, 5.41) is -0.154. The topological polar surface area (TPSA) is 60.4 Å². The van der Waals surface area contributed by atoms with Crippen LogP contribution in [-0.2, 0) is 13.8 Å². The third-order valence-electron chi connectivity index (χ3n) is 2.39. The van der Waals surface area contributed by atoms with Crippen molar-refractivity contribution in [3.05, 3.63) is 27.7 Å². The molecule has 0 N–H and O–H groups in total. The van der Waals surface area contributed by atoms with Crippen LogP contribution in [0.3, 0.4) is 0 Å². The van der Waals surface area contributed by atoms with Gasteiger partial charge in [-0.1, -0.05) is 30.1 Å². The molecule has 106 valence electrons. The summed E-state index contributed by atoms with van der Waals surface area (Å²) in [6, 6.07) is 2.12. The van der Waals surface area contributed by atoms with E-state index in [1.54, 1.807) is 6.92 Å². The summed E-state index contributed by atoms with van der Waals surface area (Å²) in [5.41, 5.74) is -0.131. The van der Waals surface area contributed by atoms with E-state index >= 15 is 0 Å². The maximum absolute atomic E-state index is 11.9. The van der Waals surface area contributed by atoms with Gasteiger partial charge in [0, 0.05) is 10.7 Å². The molecule has 0 aliphatic rings. The van der Waals surface area contributed by atoms with Gasteiger partial charge in [-0.3, -0.25) is 0 Å². The highest BCUT2D eigenvalue weighted by molar-refractivity contribution is 8.13. The maximum Gasteiger partial charge on any atom is 0.340 e. The summed E-state index contributed by atoms with van der Waals surface area (Å²) in [4.78, 5) is 11.6. The van der Waals surface area contributed by atoms with E-state index < -0.39 is 15.0 Å². The molecule has 1 atom stereocenters. The van der Waals surface area contributed by atoms with Crippen molar-refractivity contribution in [2.75, 3.05) is 0 Å². The molecule has 4 nitrogen and oxygen atoms in total. The number of ether oxygens (including phenoxy) is 1. The number of hydrogen-bond acceptors (Lipinski definition) is 4. The van der Waals surface area contributed by atoms with Crippen LogP contribution in [-0.4, -0.2) is 20.5 Å². The minimum Gasteiger partial charge on any atom is -0.459 e. The van der Waals surface area contributed by atoms with E-state index in [9.17, 15) is 13.2 Å². The van der Waals surface area contributed by atoms with Crippen molar-refractivity contribution in [1.29, 1.82) is 0 Å². The van der Waals surface area contributed by atoms with Gasteiger partial charge in [0.15, 0.2) is 0 Å². The number of rotatable bonds is 4. The zero-order valence-corrected chi connectivity index (χ0v) is 13.2. The number of carbonyl (C=O) groups is 1. The Balaban J connectivity index is 3.27. The lowest BCUT2D eigenvalue weighted by molar-refractivity contribution is 0.0334. The molecule has 0 aromatic heterocycles. The largest absolute Gasteiger partial charge is 0.459 e. The van der Waals surface area contributed by atoms with Gasteiger partial charge in [-0.05, 0) is 25.5 Å². The highest BCUT2D eigenvalue weighted by atomic mass is 35.7. The summed E-state index contributed by atoms with van der Waals surface area (Å²) >= 11 is 11.6. The Hall–Kier alpha value is -0.490. The smallest absolute Gasteiger partial charge is 0.340 e. The molecule has 8 heteroatoms. The summed E-state index contributed by atoms with van der Waals surface area (Å²) in [7, 11) is 1.20. The third kappa shape index (κ3) is 4.24. The van der Waals surface area contributed by atoms with Gasteiger partial charge in [0.1, 0.15) is 0 Å². The highest BCUT2D eigenvalue weighted by Gasteiger charge is 2.21. The second kappa shape index (κ2) is 6.31. The molecule has 0 fully saturated rings. The first-order valence-electron chi connectivity index (χ1n) is 5.31. The minimum absolute atomic E-state index is 0.0703. The summed E-state index contributed by atoms with van der Waals surface area (Å²) in [6.07, 6.45) is 0.295. The zero-order valence-electron chi connectivity index (χ0n) is 10.1. The number of carbonyl (C=O) groups excluding carboxylic acids is 1. The van der Waals surface area contributed by atoms with Gasteiger partial charge in [-0.25, -0.2) is 13.2 Å². The standard InChI is InChI=1S/C11H11Cl3O4S/c1-3-6(2)18-11(15)8-4-7(19(14,16)17)5-9(12)10(8)13/h4-6H,3H2,1-2H3. The predicted molar refractivity (Wildman–Crippen MR) is 74.7 cm³/mol. The number of benzene rings is 1.